The Labute approximate surface area is 219 Å². The third-order valence-electron chi connectivity index (χ3n) is 5.69. The number of carbonyl (C=O) groups excluding carboxylic acids is 2. The fourth-order valence-electron chi connectivity index (χ4n) is 3.84. The van der Waals surface area contributed by atoms with E-state index in [2.05, 4.69) is 10.3 Å². The van der Waals surface area contributed by atoms with Crippen LogP contribution in [-0.2, 0) is 22.2 Å². The van der Waals surface area contributed by atoms with Crippen molar-refractivity contribution in [3.63, 3.8) is 0 Å². The van der Waals surface area contributed by atoms with Gasteiger partial charge in [-0.1, -0.05) is 48.2 Å². The maximum atomic E-state index is 13.4. The summed E-state index contributed by atoms with van der Waals surface area (Å²) in [5, 5.41) is 14.1. The fourth-order valence-corrected chi connectivity index (χ4v) is 4.68. The summed E-state index contributed by atoms with van der Waals surface area (Å²) in [6.07, 6.45) is -4.28. The van der Waals surface area contributed by atoms with Gasteiger partial charge < -0.3 is 5.32 Å². The minimum Gasteiger partial charge on any atom is -0.345 e. The number of non-ortho nitro benzene ring substituents is 1. The van der Waals surface area contributed by atoms with Gasteiger partial charge in [0.05, 0.1) is 33.3 Å². The Bertz CT molecular complexity index is 1510. The van der Waals surface area contributed by atoms with E-state index in [1.165, 1.54) is 41.8 Å². The molecular weight excluding hydrogens is 521 g/mol. The van der Waals surface area contributed by atoms with Crippen LogP contribution in [0.25, 0.3) is 16.7 Å². The molecule has 0 unspecified atom stereocenters. The minimum atomic E-state index is -4.58. The van der Waals surface area contributed by atoms with E-state index in [4.69, 9.17) is 0 Å². The van der Waals surface area contributed by atoms with Crippen LogP contribution in [-0.4, -0.2) is 38.0 Å². The maximum absolute atomic E-state index is 13.4. The van der Waals surface area contributed by atoms with Gasteiger partial charge in [-0.05, 0) is 43.2 Å². The zero-order valence-electron chi connectivity index (χ0n) is 19.9. The van der Waals surface area contributed by atoms with Crippen molar-refractivity contribution >= 4 is 40.2 Å². The molecule has 196 valence electrons. The number of nitrogens with one attached hydrogen (secondary N) is 1. The molecule has 0 fully saturated rings. The van der Waals surface area contributed by atoms with Crippen LogP contribution in [0.2, 0.25) is 0 Å². The molecule has 38 heavy (non-hydrogen) atoms. The van der Waals surface area contributed by atoms with Crippen LogP contribution in [0.5, 0.6) is 0 Å². The molecule has 0 spiro atoms. The molecule has 1 heterocycles. The van der Waals surface area contributed by atoms with E-state index in [1.807, 2.05) is 30.3 Å². The molecule has 0 aliphatic carbocycles. The first-order chi connectivity index (χ1) is 18.0. The van der Waals surface area contributed by atoms with Crippen molar-refractivity contribution in [1.29, 1.82) is 0 Å². The normalized spacial score (nSPS) is 12.3. The van der Waals surface area contributed by atoms with Crippen molar-refractivity contribution < 1.29 is 27.7 Å². The van der Waals surface area contributed by atoms with Gasteiger partial charge in [-0.15, -0.1) is 0 Å². The van der Waals surface area contributed by atoms with Crippen molar-refractivity contribution in [3.8, 4) is 5.69 Å². The summed E-state index contributed by atoms with van der Waals surface area (Å²) in [4.78, 5) is 39.9. The Balaban J connectivity index is 1.63. The van der Waals surface area contributed by atoms with Gasteiger partial charge in [0, 0.05) is 17.8 Å². The monoisotopic (exact) mass is 542 g/mol. The Morgan fingerprint density at radius 3 is 2.47 bits per heavy atom. The Kier molecular flexibility index (Phi) is 7.81. The van der Waals surface area contributed by atoms with Crippen LogP contribution in [0.4, 0.5) is 18.9 Å². The second-order valence-corrected chi connectivity index (χ2v) is 9.36. The summed E-state index contributed by atoms with van der Waals surface area (Å²) in [6, 6.07) is 16.8. The topological polar surface area (TPSA) is 107 Å². The predicted octanol–water partition coefficient (Wildman–Crippen LogP) is 5.36. The molecular formula is C26H21F3N4O4S. The summed E-state index contributed by atoms with van der Waals surface area (Å²) in [5.74, 6) is -0.890. The molecule has 0 bridgehead atoms. The number of amides is 1. The van der Waals surface area contributed by atoms with Gasteiger partial charge in [-0.3, -0.25) is 24.3 Å². The highest BCUT2D eigenvalue weighted by Gasteiger charge is 2.31. The zero-order chi connectivity index (χ0) is 27.4. The molecule has 0 saturated carbocycles. The second kappa shape index (κ2) is 11.1. The molecule has 8 nitrogen and oxygen atoms in total. The van der Waals surface area contributed by atoms with E-state index < -0.39 is 28.6 Å². The van der Waals surface area contributed by atoms with E-state index in [1.54, 1.807) is 0 Å². The highest BCUT2D eigenvalue weighted by Crippen LogP contribution is 2.34. The first-order valence-electron chi connectivity index (χ1n) is 11.3. The quantitative estimate of drug-likeness (QED) is 0.173. The molecule has 1 N–H and O–H groups in total. The molecule has 0 aliphatic rings. The molecule has 0 radical (unpaired) electrons. The van der Waals surface area contributed by atoms with Gasteiger partial charge in [0.2, 0.25) is 5.91 Å². The van der Waals surface area contributed by atoms with Crippen LogP contribution in [0.3, 0.4) is 0 Å². The number of rotatable bonds is 9. The van der Waals surface area contributed by atoms with E-state index in [9.17, 15) is 32.9 Å². The molecule has 4 rings (SSSR count). The molecule has 4 aromatic rings. The zero-order valence-corrected chi connectivity index (χ0v) is 20.8. The number of thioether (sulfide) groups is 1. The van der Waals surface area contributed by atoms with Crippen molar-refractivity contribution in [2.24, 2.45) is 0 Å². The molecule has 1 aromatic heterocycles. The first kappa shape index (κ1) is 26.9. The summed E-state index contributed by atoms with van der Waals surface area (Å²) >= 11 is 0.941. The van der Waals surface area contributed by atoms with Crippen LogP contribution in [0.1, 0.15) is 18.1 Å². The van der Waals surface area contributed by atoms with Crippen LogP contribution < -0.4 is 5.32 Å². The largest absolute Gasteiger partial charge is 0.416 e. The maximum Gasteiger partial charge on any atom is 0.416 e. The van der Waals surface area contributed by atoms with E-state index in [0.717, 1.165) is 29.5 Å². The number of carbonyl (C=O) groups is 2. The SMILES string of the molecule is CC(=O)[C@H](Cc1ccccc1)NC(=O)CSc1nc2cc([N+](=O)[O-])ccc2n1-c1cccc(C(F)(F)F)c1. The highest BCUT2D eigenvalue weighted by atomic mass is 32.2. The number of nitro benzene ring substituents is 1. The summed E-state index contributed by atoms with van der Waals surface area (Å²) in [6.45, 7) is 1.38. The Morgan fingerprint density at radius 1 is 1.08 bits per heavy atom. The van der Waals surface area contributed by atoms with Crippen molar-refractivity contribution in [2.45, 2.75) is 30.7 Å². The van der Waals surface area contributed by atoms with Crippen LogP contribution >= 0.6 is 11.8 Å². The number of halogens is 3. The molecule has 3 aromatic carbocycles. The summed E-state index contributed by atoms with van der Waals surface area (Å²) in [5.41, 5.74) is 0.412. The average Bonchev–Trinajstić information content (AvgIpc) is 3.25. The lowest BCUT2D eigenvalue weighted by Crippen LogP contribution is -2.42. The first-order valence-corrected chi connectivity index (χ1v) is 12.3. The number of nitro groups is 1. The summed E-state index contributed by atoms with van der Waals surface area (Å²) < 4.78 is 41.5. The van der Waals surface area contributed by atoms with Gasteiger partial charge in [0.1, 0.15) is 0 Å². The highest BCUT2D eigenvalue weighted by molar-refractivity contribution is 7.99. The number of ketones is 1. The van der Waals surface area contributed by atoms with Gasteiger partial charge in [0.15, 0.2) is 10.9 Å². The van der Waals surface area contributed by atoms with Crippen molar-refractivity contribution in [3.05, 3.63) is 94.0 Å². The summed E-state index contributed by atoms with van der Waals surface area (Å²) in [7, 11) is 0. The Hall–Kier alpha value is -4.19. The number of imidazole rings is 1. The molecule has 1 amide bonds. The lowest BCUT2D eigenvalue weighted by molar-refractivity contribution is -0.384. The lowest BCUT2D eigenvalue weighted by Gasteiger charge is -2.16. The molecule has 0 aliphatic heterocycles. The Morgan fingerprint density at radius 2 is 1.82 bits per heavy atom. The van der Waals surface area contributed by atoms with Crippen LogP contribution in [0.15, 0.2) is 78.0 Å². The minimum absolute atomic E-state index is 0.129. The van der Waals surface area contributed by atoms with Crippen LogP contribution in [0, 0.1) is 10.1 Å². The number of alkyl halides is 3. The number of benzene rings is 3. The van der Waals surface area contributed by atoms with Crippen molar-refractivity contribution in [2.75, 3.05) is 5.75 Å². The third-order valence-corrected chi connectivity index (χ3v) is 6.63. The van der Waals surface area contributed by atoms with E-state index >= 15 is 0 Å². The smallest absolute Gasteiger partial charge is 0.345 e. The average molecular weight is 543 g/mol. The van der Waals surface area contributed by atoms with Gasteiger partial charge in [-0.25, -0.2) is 4.98 Å². The van der Waals surface area contributed by atoms with Gasteiger partial charge in [-0.2, -0.15) is 13.2 Å². The standard InChI is InChI=1S/C26H21F3N4O4S/c1-16(34)21(12-17-6-3-2-4-7-17)30-24(35)15-38-25-31-22-14-20(33(36)37)10-11-23(22)32(25)19-9-5-8-18(13-19)26(27,28)29/h2-11,13-14,21H,12,15H2,1H3,(H,30,35)/t21-/m0/s1. The van der Waals surface area contributed by atoms with Gasteiger partial charge in [0.25, 0.3) is 5.69 Å². The van der Waals surface area contributed by atoms with Crippen molar-refractivity contribution in [1.82, 2.24) is 14.9 Å². The van der Waals surface area contributed by atoms with Gasteiger partial charge >= 0.3 is 6.18 Å². The number of fused-ring (bicyclic) bond motifs is 1. The number of nitrogens with zero attached hydrogens (tertiary/aromatic N) is 3. The van der Waals surface area contributed by atoms with E-state index in [0.29, 0.717) is 11.9 Å². The number of aromatic nitrogens is 2. The predicted molar refractivity (Wildman–Crippen MR) is 136 cm³/mol. The lowest BCUT2D eigenvalue weighted by atomic mass is 10.0. The fraction of sp³-hybridized carbons (Fsp3) is 0.192. The number of hydrogen-bond donors (Lipinski definition) is 1. The van der Waals surface area contributed by atoms with E-state index in [-0.39, 0.29) is 33.6 Å². The number of Topliss-reactive ketones (excluding diaryl/α,β-unsaturated/α-hetero) is 1. The molecule has 1 atom stereocenters. The molecule has 0 saturated heterocycles. The second-order valence-electron chi connectivity index (χ2n) is 8.42. The molecule has 12 heteroatoms. The third kappa shape index (κ3) is 6.20. The number of hydrogen-bond acceptors (Lipinski definition) is 6.